The molecule has 0 N–H and O–H groups in total. The average Bonchev–Trinajstić information content (AvgIpc) is 2.72. The Morgan fingerprint density at radius 1 is 1.16 bits per heavy atom. The normalized spacial score (nSPS) is 19.1. The predicted molar refractivity (Wildman–Crippen MR) is 113 cm³/mol. The van der Waals surface area contributed by atoms with Gasteiger partial charge in [0, 0.05) is 30.8 Å². The molecule has 168 valence electrons. The second-order valence-corrected chi connectivity index (χ2v) is 8.52. The maximum absolute atomic E-state index is 12.6. The van der Waals surface area contributed by atoms with Crippen LogP contribution in [0.1, 0.15) is 33.6 Å². The number of esters is 1. The summed E-state index contributed by atoms with van der Waals surface area (Å²) in [7, 11) is 2.81. The lowest BCUT2D eigenvalue weighted by atomic mass is 9.99. The number of ether oxygens (including phenoxy) is 4. The van der Waals surface area contributed by atoms with E-state index in [4.69, 9.17) is 30.5 Å². The number of aromatic nitrogens is 2. The Labute approximate surface area is 185 Å². The molecule has 1 aromatic heterocycles. The summed E-state index contributed by atoms with van der Waals surface area (Å²) in [6, 6.07) is 2.60. The molecule has 0 unspecified atom stereocenters. The van der Waals surface area contributed by atoms with E-state index in [1.807, 2.05) is 0 Å². The van der Waals surface area contributed by atoms with Gasteiger partial charge in [-0.3, -0.25) is 4.90 Å². The van der Waals surface area contributed by atoms with Crippen molar-refractivity contribution in [3.63, 3.8) is 0 Å². The van der Waals surface area contributed by atoms with Crippen molar-refractivity contribution < 1.29 is 28.5 Å². The first kappa shape index (κ1) is 22.9. The van der Waals surface area contributed by atoms with Crippen LogP contribution in [0.4, 0.5) is 4.79 Å². The van der Waals surface area contributed by atoms with Gasteiger partial charge in [0.25, 0.3) is 0 Å². The Hall–Kier alpha value is -2.81. The lowest BCUT2D eigenvalue weighted by molar-refractivity contribution is -0.149. The first-order valence-corrected chi connectivity index (χ1v) is 10.2. The Balaban J connectivity index is 1.83. The van der Waals surface area contributed by atoms with Crippen LogP contribution in [0.3, 0.4) is 0 Å². The van der Waals surface area contributed by atoms with Crippen LogP contribution in [0.2, 0.25) is 5.15 Å². The Kier molecular flexibility index (Phi) is 6.74. The quantitative estimate of drug-likeness (QED) is 0.513. The number of nitrogens with zero attached hydrogens (tertiary/aromatic N) is 3. The fourth-order valence-corrected chi connectivity index (χ4v) is 3.60. The van der Waals surface area contributed by atoms with E-state index in [1.54, 1.807) is 32.9 Å². The SMILES string of the molecule is COC(=O)[C@H]1C[C@@H](Oc2cc3c(Cl)ncnc3cc2OC)CCN1C(=O)OC(C)(C)C. The van der Waals surface area contributed by atoms with Crippen molar-refractivity contribution in [3.05, 3.63) is 23.6 Å². The molecular weight excluding hydrogens is 426 g/mol. The van der Waals surface area contributed by atoms with Crippen molar-refractivity contribution in [1.29, 1.82) is 0 Å². The number of hydrogen-bond donors (Lipinski definition) is 0. The Bertz CT molecular complexity index is 977. The van der Waals surface area contributed by atoms with E-state index >= 15 is 0 Å². The van der Waals surface area contributed by atoms with Gasteiger partial charge < -0.3 is 18.9 Å². The molecule has 10 heteroatoms. The summed E-state index contributed by atoms with van der Waals surface area (Å²) >= 11 is 6.19. The van der Waals surface area contributed by atoms with Crippen molar-refractivity contribution in [1.82, 2.24) is 14.9 Å². The minimum atomic E-state index is -0.822. The van der Waals surface area contributed by atoms with Crippen LogP contribution in [0.25, 0.3) is 10.9 Å². The van der Waals surface area contributed by atoms with E-state index < -0.39 is 23.7 Å². The number of carbonyl (C=O) groups is 2. The van der Waals surface area contributed by atoms with Gasteiger partial charge in [-0.05, 0) is 26.8 Å². The maximum atomic E-state index is 12.6. The number of piperidine rings is 1. The highest BCUT2D eigenvalue weighted by atomic mass is 35.5. The zero-order chi connectivity index (χ0) is 22.8. The van der Waals surface area contributed by atoms with Crippen LogP contribution in [-0.4, -0.2) is 65.4 Å². The van der Waals surface area contributed by atoms with Gasteiger partial charge in [0.15, 0.2) is 11.5 Å². The molecule has 0 radical (unpaired) electrons. The molecular formula is C21H26ClN3O6. The molecule has 0 bridgehead atoms. The number of carbonyl (C=O) groups excluding carboxylic acids is 2. The molecule has 0 spiro atoms. The highest BCUT2D eigenvalue weighted by Crippen LogP contribution is 2.36. The number of hydrogen-bond acceptors (Lipinski definition) is 8. The van der Waals surface area contributed by atoms with Crippen LogP contribution in [0.5, 0.6) is 11.5 Å². The third-order valence-electron chi connectivity index (χ3n) is 4.82. The minimum Gasteiger partial charge on any atom is -0.493 e. The number of amides is 1. The van der Waals surface area contributed by atoms with Gasteiger partial charge >= 0.3 is 12.1 Å². The highest BCUT2D eigenvalue weighted by Gasteiger charge is 2.40. The van der Waals surface area contributed by atoms with E-state index in [0.717, 1.165) is 0 Å². The Morgan fingerprint density at radius 3 is 2.55 bits per heavy atom. The van der Waals surface area contributed by atoms with Crippen LogP contribution in [0, 0.1) is 0 Å². The molecule has 1 aromatic carbocycles. The predicted octanol–water partition coefficient (Wildman–Crippen LogP) is 3.61. The molecule has 2 atom stereocenters. The summed E-state index contributed by atoms with van der Waals surface area (Å²) in [6.45, 7) is 5.59. The monoisotopic (exact) mass is 451 g/mol. The van der Waals surface area contributed by atoms with Crippen LogP contribution >= 0.6 is 11.6 Å². The molecule has 1 aliphatic heterocycles. The van der Waals surface area contributed by atoms with E-state index in [0.29, 0.717) is 34.0 Å². The molecule has 3 rings (SSSR count). The summed E-state index contributed by atoms with van der Waals surface area (Å²) in [5.41, 5.74) is -0.0540. The Morgan fingerprint density at radius 2 is 1.90 bits per heavy atom. The highest BCUT2D eigenvalue weighted by molar-refractivity contribution is 6.34. The molecule has 0 aliphatic carbocycles. The zero-order valence-corrected chi connectivity index (χ0v) is 18.9. The van der Waals surface area contributed by atoms with E-state index in [-0.39, 0.29) is 19.1 Å². The van der Waals surface area contributed by atoms with Gasteiger partial charge in [-0.2, -0.15) is 0 Å². The molecule has 1 fully saturated rings. The summed E-state index contributed by atoms with van der Waals surface area (Å²) in [6.07, 6.45) is 1.18. The van der Waals surface area contributed by atoms with Crippen molar-refractivity contribution >= 4 is 34.6 Å². The van der Waals surface area contributed by atoms with Gasteiger partial charge in [-0.1, -0.05) is 11.6 Å². The lowest BCUT2D eigenvalue weighted by Crippen LogP contribution is -2.53. The molecule has 1 aliphatic rings. The second kappa shape index (κ2) is 9.13. The maximum Gasteiger partial charge on any atom is 0.411 e. The van der Waals surface area contributed by atoms with Crippen LogP contribution in [0.15, 0.2) is 18.5 Å². The summed E-state index contributed by atoms with van der Waals surface area (Å²) in [5.74, 6) is 0.401. The first-order valence-electron chi connectivity index (χ1n) is 9.85. The minimum absolute atomic E-state index is 0.242. The van der Waals surface area contributed by atoms with Gasteiger partial charge in [0.2, 0.25) is 0 Å². The largest absolute Gasteiger partial charge is 0.493 e. The fraction of sp³-hybridized carbons (Fsp3) is 0.524. The standard InChI is InChI=1S/C21H26ClN3O6/c1-21(2,3)31-20(27)25-7-6-12(8-15(25)19(26)29-5)30-17-9-13-14(10-16(17)28-4)23-11-24-18(13)22/h9-12,15H,6-8H2,1-5H3/t12-,15+/m0/s1. The molecule has 2 heterocycles. The summed E-state index contributed by atoms with van der Waals surface area (Å²) in [4.78, 5) is 34.6. The fourth-order valence-electron chi connectivity index (χ4n) is 3.40. The van der Waals surface area contributed by atoms with Crippen molar-refractivity contribution in [2.45, 2.75) is 51.4 Å². The smallest absolute Gasteiger partial charge is 0.411 e. The molecule has 31 heavy (non-hydrogen) atoms. The van der Waals surface area contributed by atoms with Gasteiger partial charge in [0.05, 0.1) is 19.7 Å². The summed E-state index contributed by atoms with van der Waals surface area (Å²) < 4.78 is 22.0. The number of benzene rings is 1. The van der Waals surface area contributed by atoms with Gasteiger partial charge in [-0.25, -0.2) is 19.6 Å². The average molecular weight is 452 g/mol. The van der Waals surface area contributed by atoms with Crippen LogP contribution in [-0.2, 0) is 14.3 Å². The molecule has 0 saturated carbocycles. The molecule has 9 nitrogen and oxygen atoms in total. The van der Waals surface area contributed by atoms with Crippen molar-refractivity contribution in [2.24, 2.45) is 0 Å². The molecule has 1 saturated heterocycles. The molecule has 1 amide bonds. The topological polar surface area (TPSA) is 100 Å². The van der Waals surface area contributed by atoms with Crippen molar-refractivity contribution in [3.8, 4) is 11.5 Å². The van der Waals surface area contributed by atoms with E-state index in [1.165, 1.54) is 25.4 Å². The number of likely N-dealkylation sites (tertiary alicyclic amines) is 1. The van der Waals surface area contributed by atoms with Crippen molar-refractivity contribution in [2.75, 3.05) is 20.8 Å². The van der Waals surface area contributed by atoms with E-state index in [2.05, 4.69) is 9.97 Å². The first-order chi connectivity index (χ1) is 14.6. The lowest BCUT2D eigenvalue weighted by Gasteiger charge is -2.38. The zero-order valence-electron chi connectivity index (χ0n) is 18.2. The molecule has 2 aromatic rings. The number of fused-ring (bicyclic) bond motifs is 1. The van der Waals surface area contributed by atoms with Crippen LogP contribution < -0.4 is 9.47 Å². The number of rotatable bonds is 4. The third kappa shape index (κ3) is 5.28. The third-order valence-corrected chi connectivity index (χ3v) is 5.12. The van der Waals surface area contributed by atoms with E-state index in [9.17, 15) is 9.59 Å². The van der Waals surface area contributed by atoms with Gasteiger partial charge in [-0.15, -0.1) is 0 Å². The number of halogens is 1. The summed E-state index contributed by atoms with van der Waals surface area (Å²) in [5, 5.41) is 0.917. The number of methoxy groups -OCH3 is 2. The second-order valence-electron chi connectivity index (χ2n) is 8.16. The van der Waals surface area contributed by atoms with Gasteiger partial charge in [0.1, 0.15) is 29.2 Å².